The Labute approximate surface area is 73.4 Å². The first-order valence-corrected chi connectivity index (χ1v) is 3.72. The first-order chi connectivity index (χ1) is 6.16. The molecule has 0 aliphatic heterocycles. The van der Waals surface area contributed by atoms with Gasteiger partial charge in [0.25, 0.3) is 0 Å². The molecule has 0 spiro atoms. The molecule has 2 rings (SSSR count). The third kappa shape index (κ3) is 1.22. The van der Waals surface area contributed by atoms with Crippen LogP contribution < -0.4 is 0 Å². The Morgan fingerprint density at radius 3 is 2.77 bits per heavy atom. The van der Waals surface area contributed by atoms with Crippen LogP contribution in [0.25, 0.3) is 10.9 Å². The number of aromatic nitrogens is 1. The Kier molecular flexibility index (Phi) is 1.48. The van der Waals surface area contributed by atoms with E-state index in [1.165, 1.54) is 12.1 Å². The molecule has 0 fully saturated rings. The van der Waals surface area contributed by atoms with Crippen molar-refractivity contribution in [3.63, 3.8) is 0 Å². The summed E-state index contributed by atoms with van der Waals surface area (Å²) < 4.78 is 0. The highest BCUT2D eigenvalue weighted by molar-refractivity contribution is 5.93. The van der Waals surface area contributed by atoms with Crippen LogP contribution in [0.1, 0.15) is 10.4 Å². The minimum atomic E-state index is -0.976. The molecular formula is C9H7NO3. The first kappa shape index (κ1) is 7.67. The zero-order chi connectivity index (χ0) is 9.42. The molecule has 2 aromatic rings. The lowest BCUT2D eigenvalue weighted by atomic mass is 10.2. The summed E-state index contributed by atoms with van der Waals surface area (Å²) in [5, 5.41) is 18.6. The molecule has 0 atom stereocenters. The number of carboxylic acids is 1. The second-order valence-electron chi connectivity index (χ2n) is 2.76. The molecule has 13 heavy (non-hydrogen) atoms. The average molecular weight is 177 g/mol. The lowest BCUT2D eigenvalue weighted by Gasteiger charge is -1.93. The standard InChI is InChI=1S/C9H7NO3/c11-8-4-5-1-2-6(9(12)13)3-7(5)10-8/h1-4,10-11H,(H,12,13). The fourth-order valence-corrected chi connectivity index (χ4v) is 1.24. The maximum Gasteiger partial charge on any atom is 0.335 e. The third-order valence-corrected chi connectivity index (χ3v) is 1.86. The van der Waals surface area contributed by atoms with Gasteiger partial charge in [0.1, 0.15) is 0 Å². The Hall–Kier alpha value is -1.97. The van der Waals surface area contributed by atoms with Crippen molar-refractivity contribution in [1.82, 2.24) is 4.98 Å². The van der Waals surface area contributed by atoms with E-state index in [1.54, 1.807) is 12.1 Å². The van der Waals surface area contributed by atoms with Gasteiger partial charge in [-0.05, 0) is 12.1 Å². The number of fused-ring (bicyclic) bond motifs is 1. The normalized spacial score (nSPS) is 10.5. The predicted molar refractivity (Wildman–Crippen MR) is 46.9 cm³/mol. The molecule has 1 aromatic heterocycles. The van der Waals surface area contributed by atoms with E-state index >= 15 is 0 Å². The van der Waals surface area contributed by atoms with Crippen molar-refractivity contribution >= 4 is 16.9 Å². The summed E-state index contributed by atoms with van der Waals surface area (Å²) in [6.45, 7) is 0. The summed E-state index contributed by atoms with van der Waals surface area (Å²) in [5.74, 6) is -0.937. The number of nitrogens with one attached hydrogen (secondary N) is 1. The van der Waals surface area contributed by atoms with Crippen LogP contribution in [0.3, 0.4) is 0 Å². The van der Waals surface area contributed by atoms with Crippen LogP contribution in [-0.2, 0) is 0 Å². The number of H-pyrrole nitrogens is 1. The van der Waals surface area contributed by atoms with Crippen LogP contribution in [0.5, 0.6) is 5.88 Å². The van der Waals surface area contributed by atoms with Crippen LogP contribution in [0.15, 0.2) is 24.3 Å². The number of hydrogen-bond donors (Lipinski definition) is 3. The van der Waals surface area contributed by atoms with E-state index in [2.05, 4.69) is 4.98 Å². The van der Waals surface area contributed by atoms with E-state index in [0.29, 0.717) is 5.52 Å². The van der Waals surface area contributed by atoms with Crippen LogP contribution in [-0.4, -0.2) is 21.2 Å². The Bertz CT molecular complexity index is 473. The molecule has 0 radical (unpaired) electrons. The molecule has 0 bridgehead atoms. The fraction of sp³-hybridized carbons (Fsp3) is 0. The zero-order valence-corrected chi connectivity index (χ0v) is 6.61. The van der Waals surface area contributed by atoms with Crippen molar-refractivity contribution in [3.05, 3.63) is 29.8 Å². The van der Waals surface area contributed by atoms with E-state index in [9.17, 15) is 4.79 Å². The van der Waals surface area contributed by atoms with Gasteiger partial charge in [-0.1, -0.05) is 6.07 Å². The van der Waals surface area contributed by atoms with Gasteiger partial charge < -0.3 is 15.2 Å². The lowest BCUT2D eigenvalue weighted by molar-refractivity contribution is 0.0697. The molecular weight excluding hydrogens is 170 g/mol. The highest BCUT2D eigenvalue weighted by atomic mass is 16.4. The lowest BCUT2D eigenvalue weighted by Crippen LogP contribution is -1.94. The number of rotatable bonds is 1. The second kappa shape index (κ2) is 2.52. The molecule has 0 amide bonds. The number of carboxylic acid groups (broad SMARTS) is 1. The first-order valence-electron chi connectivity index (χ1n) is 3.72. The minimum Gasteiger partial charge on any atom is -0.495 e. The van der Waals surface area contributed by atoms with Crippen LogP contribution >= 0.6 is 0 Å². The van der Waals surface area contributed by atoms with Crippen molar-refractivity contribution < 1.29 is 15.0 Å². The Balaban J connectivity index is 2.67. The average Bonchev–Trinajstić information content (AvgIpc) is 2.42. The molecule has 0 aliphatic rings. The van der Waals surface area contributed by atoms with E-state index in [1.807, 2.05) is 0 Å². The Morgan fingerprint density at radius 2 is 2.08 bits per heavy atom. The molecule has 4 nitrogen and oxygen atoms in total. The van der Waals surface area contributed by atoms with Crippen molar-refractivity contribution in [2.24, 2.45) is 0 Å². The molecule has 0 saturated carbocycles. The van der Waals surface area contributed by atoms with Crippen molar-refractivity contribution in [3.8, 4) is 5.88 Å². The highest BCUT2D eigenvalue weighted by Crippen LogP contribution is 2.20. The molecule has 0 saturated heterocycles. The molecule has 1 aromatic carbocycles. The molecule has 1 heterocycles. The van der Waals surface area contributed by atoms with Crippen molar-refractivity contribution in [2.45, 2.75) is 0 Å². The van der Waals surface area contributed by atoms with Gasteiger partial charge in [-0.15, -0.1) is 0 Å². The summed E-state index contributed by atoms with van der Waals surface area (Å²) in [5.41, 5.74) is 0.826. The summed E-state index contributed by atoms with van der Waals surface area (Å²) in [6.07, 6.45) is 0. The van der Waals surface area contributed by atoms with E-state index < -0.39 is 5.97 Å². The van der Waals surface area contributed by atoms with E-state index in [-0.39, 0.29) is 11.4 Å². The third-order valence-electron chi connectivity index (χ3n) is 1.86. The highest BCUT2D eigenvalue weighted by Gasteiger charge is 2.04. The number of carbonyl (C=O) groups is 1. The van der Waals surface area contributed by atoms with Gasteiger partial charge in [0.2, 0.25) is 0 Å². The van der Waals surface area contributed by atoms with Gasteiger partial charge in [0.15, 0.2) is 5.88 Å². The molecule has 0 aliphatic carbocycles. The molecule has 3 N–H and O–H groups in total. The maximum absolute atomic E-state index is 10.6. The monoisotopic (exact) mass is 177 g/mol. The van der Waals surface area contributed by atoms with E-state index in [0.717, 1.165) is 5.39 Å². The van der Waals surface area contributed by atoms with Gasteiger partial charge in [-0.3, -0.25) is 0 Å². The maximum atomic E-state index is 10.6. The number of aromatic hydroxyl groups is 1. The van der Waals surface area contributed by atoms with Crippen molar-refractivity contribution in [1.29, 1.82) is 0 Å². The number of aromatic amines is 1. The van der Waals surface area contributed by atoms with Gasteiger partial charge in [0, 0.05) is 17.0 Å². The van der Waals surface area contributed by atoms with Crippen LogP contribution in [0.4, 0.5) is 0 Å². The number of benzene rings is 1. The van der Waals surface area contributed by atoms with E-state index in [4.69, 9.17) is 10.2 Å². The van der Waals surface area contributed by atoms with Gasteiger partial charge in [0.05, 0.1) is 5.56 Å². The topological polar surface area (TPSA) is 73.3 Å². The summed E-state index contributed by atoms with van der Waals surface area (Å²) in [4.78, 5) is 13.2. The zero-order valence-electron chi connectivity index (χ0n) is 6.61. The summed E-state index contributed by atoms with van der Waals surface area (Å²) in [6, 6.07) is 6.17. The Morgan fingerprint density at radius 1 is 1.31 bits per heavy atom. The smallest absolute Gasteiger partial charge is 0.335 e. The van der Waals surface area contributed by atoms with Gasteiger partial charge in [-0.25, -0.2) is 4.79 Å². The predicted octanol–water partition coefficient (Wildman–Crippen LogP) is 1.57. The minimum absolute atomic E-state index is 0.0394. The molecule has 66 valence electrons. The number of hydrogen-bond acceptors (Lipinski definition) is 2. The fourth-order valence-electron chi connectivity index (χ4n) is 1.24. The summed E-state index contributed by atoms with van der Waals surface area (Å²) >= 11 is 0. The van der Waals surface area contributed by atoms with Crippen LogP contribution in [0.2, 0.25) is 0 Å². The second-order valence-corrected chi connectivity index (χ2v) is 2.76. The molecule has 0 unspecified atom stereocenters. The summed E-state index contributed by atoms with van der Waals surface area (Å²) in [7, 11) is 0. The largest absolute Gasteiger partial charge is 0.495 e. The van der Waals surface area contributed by atoms with Crippen LogP contribution in [0, 0.1) is 0 Å². The molecule has 4 heteroatoms. The van der Waals surface area contributed by atoms with Crippen molar-refractivity contribution in [2.75, 3.05) is 0 Å². The van der Waals surface area contributed by atoms with Gasteiger partial charge >= 0.3 is 5.97 Å². The quantitative estimate of drug-likeness (QED) is 0.619. The SMILES string of the molecule is O=C(O)c1ccc2cc(O)[nH]c2c1. The van der Waals surface area contributed by atoms with Gasteiger partial charge in [-0.2, -0.15) is 0 Å². The number of aromatic carboxylic acids is 1.